The van der Waals surface area contributed by atoms with E-state index < -0.39 is 11.6 Å². The quantitative estimate of drug-likeness (QED) is 0.319. The monoisotopic (exact) mass is 423 g/mol. The molecule has 0 amide bonds. The summed E-state index contributed by atoms with van der Waals surface area (Å²) in [4.78, 5) is 13.2. The zero-order chi connectivity index (χ0) is 22.4. The summed E-state index contributed by atoms with van der Waals surface area (Å²) in [5.74, 6) is -1.39. The molecule has 0 spiro atoms. The first-order chi connectivity index (χ1) is 14.9. The molecule has 0 fully saturated rings. The number of nitrogens with zero attached hydrogens (tertiary/aromatic N) is 1. The van der Waals surface area contributed by atoms with E-state index in [4.69, 9.17) is 0 Å². The molecule has 0 saturated heterocycles. The molecule has 3 rings (SSSR count). The number of halogens is 2. The van der Waals surface area contributed by atoms with Crippen LogP contribution in [0.15, 0.2) is 54.6 Å². The molecule has 0 unspecified atom stereocenters. The first-order valence-corrected chi connectivity index (χ1v) is 11.1. The predicted molar refractivity (Wildman–Crippen MR) is 122 cm³/mol. The van der Waals surface area contributed by atoms with Crippen LogP contribution in [0.5, 0.6) is 0 Å². The van der Waals surface area contributed by atoms with E-state index in [1.165, 1.54) is 11.6 Å². The zero-order valence-corrected chi connectivity index (χ0v) is 18.6. The largest absolute Gasteiger partial charge is 0.343 e. The number of rotatable bonds is 10. The summed E-state index contributed by atoms with van der Waals surface area (Å²) in [6, 6.07) is 16.2. The third kappa shape index (κ3) is 5.69. The van der Waals surface area contributed by atoms with E-state index in [9.17, 15) is 13.6 Å². The first-order valence-electron chi connectivity index (χ1n) is 11.1. The number of benzene rings is 2. The Kier molecular flexibility index (Phi) is 7.78. The lowest BCUT2D eigenvalue weighted by Crippen LogP contribution is -2.12. The highest BCUT2D eigenvalue weighted by Gasteiger charge is 2.21. The molecule has 1 aromatic heterocycles. The molecule has 2 aromatic carbocycles. The number of ketones is 1. The highest BCUT2D eigenvalue weighted by atomic mass is 19.2. The minimum atomic E-state index is -0.871. The predicted octanol–water partition coefficient (Wildman–Crippen LogP) is 7.10. The highest BCUT2D eigenvalue weighted by Crippen LogP contribution is 2.27. The maximum absolute atomic E-state index is 13.5. The van der Waals surface area contributed by atoms with Gasteiger partial charge in [0.25, 0.3) is 0 Å². The Morgan fingerprint density at radius 2 is 1.68 bits per heavy atom. The van der Waals surface area contributed by atoms with Crippen molar-refractivity contribution in [2.45, 2.75) is 65.3 Å². The fraction of sp³-hybridized carbons (Fsp3) is 0.370. The van der Waals surface area contributed by atoms with Gasteiger partial charge in [-0.2, -0.15) is 0 Å². The van der Waals surface area contributed by atoms with Crippen molar-refractivity contribution >= 4 is 5.78 Å². The van der Waals surface area contributed by atoms with Gasteiger partial charge in [0.15, 0.2) is 17.4 Å². The number of hydrogen-bond donors (Lipinski definition) is 0. The van der Waals surface area contributed by atoms with Crippen molar-refractivity contribution in [2.75, 3.05) is 0 Å². The van der Waals surface area contributed by atoms with Gasteiger partial charge in [0.1, 0.15) is 0 Å². The maximum Gasteiger partial charge on any atom is 0.165 e. The van der Waals surface area contributed by atoms with Crippen LogP contribution in [0, 0.1) is 11.6 Å². The molecule has 0 saturated carbocycles. The Morgan fingerprint density at radius 3 is 2.32 bits per heavy atom. The van der Waals surface area contributed by atoms with E-state index >= 15 is 0 Å². The molecule has 2 nitrogen and oxygen atoms in total. The van der Waals surface area contributed by atoms with Gasteiger partial charge in [-0.05, 0) is 54.5 Å². The number of aryl methyl sites for hydroxylation is 1. The van der Waals surface area contributed by atoms with Crippen LogP contribution in [-0.4, -0.2) is 10.4 Å². The minimum absolute atomic E-state index is 0.0598. The van der Waals surface area contributed by atoms with Crippen LogP contribution in [0.3, 0.4) is 0 Å². The zero-order valence-electron chi connectivity index (χ0n) is 18.6. The van der Waals surface area contributed by atoms with Crippen molar-refractivity contribution in [2.24, 2.45) is 0 Å². The Bertz CT molecular complexity index is 1020. The fourth-order valence-electron chi connectivity index (χ4n) is 3.98. The average Bonchev–Trinajstić information content (AvgIpc) is 3.12. The summed E-state index contributed by atoms with van der Waals surface area (Å²) in [6.07, 6.45) is 3.58. The van der Waals surface area contributed by atoms with Crippen molar-refractivity contribution < 1.29 is 13.6 Å². The summed E-state index contributed by atoms with van der Waals surface area (Å²) in [5, 5.41) is 0. The summed E-state index contributed by atoms with van der Waals surface area (Å²) in [7, 11) is 0. The van der Waals surface area contributed by atoms with E-state index in [0.717, 1.165) is 48.8 Å². The molecule has 1 heterocycles. The van der Waals surface area contributed by atoms with Crippen molar-refractivity contribution in [3.05, 3.63) is 94.3 Å². The highest BCUT2D eigenvalue weighted by molar-refractivity contribution is 5.97. The van der Waals surface area contributed by atoms with Gasteiger partial charge in [-0.15, -0.1) is 0 Å². The van der Waals surface area contributed by atoms with Crippen molar-refractivity contribution in [1.29, 1.82) is 0 Å². The lowest BCUT2D eigenvalue weighted by molar-refractivity contribution is 0.0981. The average molecular weight is 424 g/mol. The molecule has 0 aliphatic carbocycles. The van der Waals surface area contributed by atoms with Crippen molar-refractivity contribution in [3.63, 3.8) is 0 Å². The van der Waals surface area contributed by atoms with E-state index in [1.807, 2.05) is 24.3 Å². The summed E-state index contributed by atoms with van der Waals surface area (Å²) in [6.45, 7) is 7.19. The molecule has 0 bridgehead atoms. The van der Waals surface area contributed by atoms with E-state index in [2.05, 4.69) is 37.5 Å². The van der Waals surface area contributed by atoms with Crippen LogP contribution in [0.1, 0.15) is 78.8 Å². The van der Waals surface area contributed by atoms with E-state index in [-0.39, 0.29) is 18.1 Å². The molecule has 0 atom stereocenters. The van der Waals surface area contributed by atoms with Crippen LogP contribution in [-0.2, 0) is 19.4 Å². The SMILES string of the molecule is CCCCc1c(C(=O)CCc2ccc(F)c(F)c2)cc(C(C)C)n1Cc1ccccc1. The number of hydrogen-bond acceptors (Lipinski definition) is 1. The van der Waals surface area contributed by atoms with Gasteiger partial charge in [-0.3, -0.25) is 4.79 Å². The minimum Gasteiger partial charge on any atom is -0.343 e. The molecule has 4 heteroatoms. The van der Waals surface area contributed by atoms with Gasteiger partial charge in [-0.25, -0.2) is 8.78 Å². The third-order valence-corrected chi connectivity index (χ3v) is 5.71. The molecule has 0 aliphatic rings. The number of carbonyl (C=O) groups is 1. The van der Waals surface area contributed by atoms with Crippen LogP contribution in [0.4, 0.5) is 8.78 Å². The smallest absolute Gasteiger partial charge is 0.165 e. The van der Waals surface area contributed by atoms with Gasteiger partial charge >= 0.3 is 0 Å². The topological polar surface area (TPSA) is 22.0 Å². The number of Topliss-reactive ketones (excluding diaryl/α,β-unsaturated/α-hetero) is 1. The second-order valence-electron chi connectivity index (χ2n) is 8.43. The number of carbonyl (C=O) groups excluding carboxylic acids is 1. The van der Waals surface area contributed by atoms with Crippen LogP contribution in [0.2, 0.25) is 0 Å². The van der Waals surface area contributed by atoms with Crippen LogP contribution in [0.25, 0.3) is 0 Å². The van der Waals surface area contributed by atoms with Gasteiger partial charge in [-0.1, -0.05) is 63.6 Å². The Labute approximate surface area is 183 Å². The molecule has 0 aliphatic heterocycles. The Morgan fingerprint density at radius 1 is 0.935 bits per heavy atom. The first kappa shape index (κ1) is 22.9. The lowest BCUT2D eigenvalue weighted by atomic mass is 10.00. The standard InChI is InChI=1S/C27H31F2NO/c1-4-5-11-25-22(27(31)15-13-20-12-14-23(28)24(29)16-20)17-26(19(2)3)30(25)18-21-9-7-6-8-10-21/h6-10,12,14,16-17,19H,4-5,11,13,15,18H2,1-3H3. The normalized spacial score (nSPS) is 11.3. The number of aromatic nitrogens is 1. The van der Waals surface area contributed by atoms with E-state index in [0.29, 0.717) is 12.0 Å². The molecule has 3 aromatic rings. The van der Waals surface area contributed by atoms with Crippen LogP contribution < -0.4 is 0 Å². The maximum atomic E-state index is 13.5. The van der Waals surface area contributed by atoms with Gasteiger partial charge in [0.05, 0.1) is 0 Å². The second kappa shape index (κ2) is 10.5. The molecular weight excluding hydrogens is 392 g/mol. The van der Waals surface area contributed by atoms with Crippen LogP contribution >= 0.6 is 0 Å². The van der Waals surface area contributed by atoms with Gasteiger partial charge in [0, 0.05) is 29.9 Å². The number of unbranched alkanes of at least 4 members (excludes halogenated alkanes) is 1. The lowest BCUT2D eigenvalue weighted by Gasteiger charge is -2.16. The summed E-state index contributed by atoms with van der Waals surface area (Å²) in [5.41, 5.74) is 4.86. The summed E-state index contributed by atoms with van der Waals surface area (Å²) >= 11 is 0. The molecule has 0 radical (unpaired) electrons. The summed E-state index contributed by atoms with van der Waals surface area (Å²) < 4.78 is 29.0. The van der Waals surface area contributed by atoms with Gasteiger partial charge in [0.2, 0.25) is 0 Å². The third-order valence-electron chi connectivity index (χ3n) is 5.71. The molecule has 31 heavy (non-hydrogen) atoms. The van der Waals surface area contributed by atoms with Crippen molar-refractivity contribution in [1.82, 2.24) is 4.57 Å². The second-order valence-corrected chi connectivity index (χ2v) is 8.43. The molecular formula is C27H31F2NO. The molecule has 0 N–H and O–H groups in total. The Hall–Kier alpha value is -2.75. The van der Waals surface area contributed by atoms with Crippen molar-refractivity contribution in [3.8, 4) is 0 Å². The van der Waals surface area contributed by atoms with E-state index in [1.54, 1.807) is 6.07 Å². The van der Waals surface area contributed by atoms with Gasteiger partial charge < -0.3 is 4.57 Å². The molecule has 164 valence electrons. The fourth-order valence-corrected chi connectivity index (χ4v) is 3.98. The Balaban J connectivity index is 1.90.